The molecule has 2 aliphatic rings. The average molecular weight is 204 g/mol. The van der Waals surface area contributed by atoms with E-state index in [1.165, 1.54) is 5.57 Å². The van der Waals surface area contributed by atoms with Gasteiger partial charge in [0.05, 0.1) is 5.54 Å². The van der Waals surface area contributed by atoms with Crippen LogP contribution in [0.1, 0.15) is 20.3 Å². The first-order valence-corrected chi connectivity index (χ1v) is 5.66. The molecule has 0 aromatic carbocycles. The number of hydrogen-bond donors (Lipinski definition) is 1. The van der Waals surface area contributed by atoms with Crippen molar-refractivity contribution in [1.82, 2.24) is 4.90 Å². The van der Waals surface area contributed by atoms with E-state index in [1.54, 1.807) is 0 Å². The Morgan fingerprint density at radius 2 is 2.27 bits per heavy atom. The second-order valence-electron chi connectivity index (χ2n) is 4.82. The van der Waals surface area contributed by atoms with Crippen molar-refractivity contribution < 1.29 is 0 Å². The number of nitrogens with zero attached hydrogens (tertiary/aromatic N) is 1. The molecule has 0 amide bonds. The first kappa shape index (κ1) is 10.7. The van der Waals surface area contributed by atoms with Crippen LogP contribution < -0.4 is 5.73 Å². The summed E-state index contributed by atoms with van der Waals surface area (Å²) in [5.41, 5.74) is 7.30. The molecule has 2 nitrogen and oxygen atoms in total. The minimum absolute atomic E-state index is 0.0440. The van der Waals surface area contributed by atoms with Gasteiger partial charge in [-0.05, 0) is 20.3 Å². The maximum absolute atomic E-state index is 5.95. The van der Waals surface area contributed by atoms with Gasteiger partial charge in [0, 0.05) is 19.1 Å². The van der Waals surface area contributed by atoms with E-state index in [-0.39, 0.29) is 5.54 Å². The van der Waals surface area contributed by atoms with Crippen molar-refractivity contribution in [2.75, 3.05) is 13.1 Å². The second kappa shape index (κ2) is 3.95. The Morgan fingerprint density at radius 3 is 2.93 bits per heavy atom. The maximum atomic E-state index is 5.95. The lowest BCUT2D eigenvalue weighted by atomic mass is 9.99. The highest BCUT2D eigenvalue weighted by Crippen LogP contribution is 2.26. The van der Waals surface area contributed by atoms with Crippen molar-refractivity contribution in [2.24, 2.45) is 5.73 Å². The van der Waals surface area contributed by atoms with Crippen LogP contribution in [-0.4, -0.2) is 29.6 Å². The van der Waals surface area contributed by atoms with Crippen LogP contribution in [0.15, 0.2) is 36.0 Å². The highest BCUT2D eigenvalue weighted by atomic mass is 15.2. The fourth-order valence-corrected chi connectivity index (χ4v) is 2.24. The zero-order valence-electron chi connectivity index (χ0n) is 9.61. The predicted molar refractivity (Wildman–Crippen MR) is 64.6 cm³/mol. The van der Waals surface area contributed by atoms with Gasteiger partial charge in [-0.1, -0.05) is 36.0 Å². The third kappa shape index (κ3) is 2.21. The summed E-state index contributed by atoms with van der Waals surface area (Å²) in [6.07, 6.45) is 12.2. The predicted octanol–water partition coefficient (Wildman–Crippen LogP) is 1.85. The molecule has 2 heteroatoms. The van der Waals surface area contributed by atoms with Crippen molar-refractivity contribution in [3.05, 3.63) is 36.0 Å². The van der Waals surface area contributed by atoms with Crippen LogP contribution in [0.25, 0.3) is 0 Å². The van der Waals surface area contributed by atoms with Gasteiger partial charge in [0.2, 0.25) is 0 Å². The monoisotopic (exact) mass is 204 g/mol. The standard InChI is InChI=1S/C13H20N2/c1-11-4-3-7-13(2,8-5-11)15-9-6-12(14)10-15/h3-5,7-8,12H,6,9-10,14H2,1-2H3. The van der Waals surface area contributed by atoms with Gasteiger partial charge < -0.3 is 5.73 Å². The summed E-state index contributed by atoms with van der Waals surface area (Å²) in [5, 5.41) is 0. The zero-order valence-corrected chi connectivity index (χ0v) is 9.61. The van der Waals surface area contributed by atoms with E-state index >= 15 is 0 Å². The van der Waals surface area contributed by atoms with Gasteiger partial charge in [-0.2, -0.15) is 0 Å². The number of nitrogens with two attached hydrogens (primary N) is 1. The first-order chi connectivity index (χ1) is 7.10. The zero-order chi connectivity index (χ0) is 10.9. The first-order valence-electron chi connectivity index (χ1n) is 5.66. The minimum Gasteiger partial charge on any atom is -0.326 e. The lowest BCUT2D eigenvalue weighted by Gasteiger charge is -2.33. The van der Waals surface area contributed by atoms with Gasteiger partial charge in [-0.3, -0.25) is 4.90 Å². The third-order valence-electron chi connectivity index (χ3n) is 3.38. The smallest absolute Gasteiger partial charge is 0.0553 e. The summed E-state index contributed by atoms with van der Waals surface area (Å²) in [4.78, 5) is 2.46. The molecule has 2 N–H and O–H groups in total. The largest absolute Gasteiger partial charge is 0.326 e. The molecule has 1 saturated heterocycles. The van der Waals surface area contributed by atoms with E-state index < -0.39 is 0 Å². The molecule has 0 aromatic rings. The molecule has 2 rings (SSSR count). The van der Waals surface area contributed by atoms with Crippen molar-refractivity contribution in [3.8, 4) is 0 Å². The van der Waals surface area contributed by atoms with Crippen LogP contribution in [0.5, 0.6) is 0 Å². The number of hydrogen-bond acceptors (Lipinski definition) is 2. The topological polar surface area (TPSA) is 29.3 Å². The fraction of sp³-hybridized carbons (Fsp3) is 0.538. The molecule has 1 aliphatic heterocycles. The van der Waals surface area contributed by atoms with Gasteiger partial charge >= 0.3 is 0 Å². The van der Waals surface area contributed by atoms with Crippen LogP contribution in [0.3, 0.4) is 0 Å². The van der Waals surface area contributed by atoms with Crippen molar-refractivity contribution in [1.29, 1.82) is 0 Å². The van der Waals surface area contributed by atoms with Crippen LogP contribution >= 0.6 is 0 Å². The molecule has 0 spiro atoms. The molecule has 1 heterocycles. The molecule has 0 radical (unpaired) electrons. The number of allylic oxidation sites excluding steroid dienone is 4. The molecule has 1 aliphatic carbocycles. The summed E-state index contributed by atoms with van der Waals surface area (Å²) in [5.74, 6) is 0. The Kier molecular flexibility index (Phi) is 2.81. The number of likely N-dealkylation sites (tertiary alicyclic amines) is 1. The average Bonchev–Trinajstić information content (AvgIpc) is 2.55. The van der Waals surface area contributed by atoms with Gasteiger partial charge in [-0.15, -0.1) is 0 Å². The van der Waals surface area contributed by atoms with E-state index in [9.17, 15) is 0 Å². The molecule has 0 saturated carbocycles. The van der Waals surface area contributed by atoms with E-state index in [0.717, 1.165) is 19.5 Å². The van der Waals surface area contributed by atoms with E-state index in [4.69, 9.17) is 5.73 Å². The summed E-state index contributed by atoms with van der Waals surface area (Å²) in [6.45, 7) is 6.49. The molecule has 0 bridgehead atoms. The third-order valence-corrected chi connectivity index (χ3v) is 3.38. The molecule has 15 heavy (non-hydrogen) atoms. The van der Waals surface area contributed by atoms with Crippen molar-refractivity contribution in [3.63, 3.8) is 0 Å². The Morgan fingerprint density at radius 1 is 1.47 bits per heavy atom. The van der Waals surface area contributed by atoms with Crippen LogP contribution in [-0.2, 0) is 0 Å². The molecule has 1 fully saturated rings. The Bertz CT molecular complexity index is 327. The lowest BCUT2D eigenvalue weighted by Crippen LogP contribution is -2.42. The van der Waals surface area contributed by atoms with Crippen LogP contribution in [0.4, 0.5) is 0 Å². The summed E-state index contributed by atoms with van der Waals surface area (Å²) in [6, 6.07) is 0.348. The molecule has 2 atom stereocenters. The molecule has 0 aromatic heterocycles. The summed E-state index contributed by atoms with van der Waals surface area (Å²) < 4.78 is 0. The highest BCUT2D eigenvalue weighted by molar-refractivity contribution is 5.33. The quantitative estimate of drug-likeness (QED) is 0.706. The molecule has 82 valence electrons. The Labute approximate surface area is 92.1 Å². The Balaban J connectivity index is 2.17. The Hall–Kier alpha value is -0.860. The summed E-state index contributed by atoms with van der Waals surface area (Å²) >= 11 is 0. The van der Waals surface area contributed by atoms with Crippen LogP contribution in [0, 0.1) is 0 Å². The maximum Gasteiger partial charge on any atom is 0.0553 e. The lowest BCUT2D eigenvalue weighted by molar-refractivity contribution is 0.229. The molecular formula is C13H20N2. The van der Waals surface area contributed by atoms with Gasteiger partial charge in [0.1, 0.15) is 0 Å². The molecule has 2 unspecified atom stereocenters. The van der Waals surface area contributed by atoms with Crippen molar-refractivity contribution >= 4 is 0 Å². The van der Waals surface area contributed by atoms with Crippen LogP contribution in [0.2, 0.25) is 0 Å². The summed E-state index contributed by atoms with van der Waals surface area (Å²) in [7, 11) is 0. The van der Waals surface area contributed by atoms with Gasteiger partial charge in [0.25, 0.3) is 0 Å². The van der Waals surface area contributed by atoms with Crippen molar-refractivity contribution in [2.45, 2.75) is 31.8 Å². The number of rotatable bonds is 1. The van der Waals surface area contributed by atoms with Gasteiger partial charge in [-0.25, -0.2) is 0 Å². The normalized spacial score (nSPS) is 36.7. The van der Waals surface area contributed by atoms with Gasteiger partial charge in [0.15, 0.2) is 0 Å². The van der Waals surface area contributed by atoms with E-state index in [2.05, 4.69) is 49.1 Å². The SMILES string of the molecule is CC1=CC=CC(C)(N2CCC(N)C2)C=C1. The van der Waals surface area contributed by atoms with E-state index in [0.29, 0.717) is 6.04 Å². The highest BCUT2D eigenvalue weighted by Gasteiger charge is 2.32. The second-order valence-corrected chi connectivity index (χ2v) is 4.82. The van der Waals surface area contributed by atoms with E-state index in [1.807, 2.05) is 0 Å². The fourth-order valence-electron chi connectivity index (χ4n) is 2.24. The minimum atomic E-state index is 0.0440. The molecular weight excluding hydrogens is 184 g/mol.